The first kappa shape index (κ1) is 126. The molecule has 41 heteroatoms. The Balaban J connectivity index is -0.000000192. The molecule has 0 saturated carbocycles. The molecule has 0 atom stereocenters. The third kappa shape index (κ3) is 115. The Hall–Kier alpha value is -5.40. The van der Waals surface area contributed by atoms with Crippen molar-refractivity contribution in [3.05, 3.63) is 10.1 Å². The Kier molecular flexibility index (Phi) is 72.2. The van der Waals surface area contributed by atoms with E-state index in [2.05, 4.69) is 205 Å². The molecule has 0 spiro atoms. The first-order chi connectivity index (χ1) is 52.2. The zero-order chi connectivity index (χ0) is 92.9. The van der Waals surface area contributed by atoms with Crippen LogP contribution in [-0.4, -0.2) is 233 Å². The van der Waals surface area contributed by atoms with Crippen LogP contribution in [-0.2, 0) is 55.5 Å². The van der Waals surface area contributed by atoms with Crippen molar-refractivity contribution in [3.63, 3.8) is 0 Å². The third-order valence-electron chi connectivity index (χ3n) is 15.0. The van der Waals surface area contributed by atoms with Crippen LogP contribution in [0.5, 0.6) is 0 Å². The van der Waals surface area contributed by atoms with Crippen molar-refractivity contribution in [2.24, 2.45) is 94.9 Å². The number of unbranched alkanes of at least 4 members (excludes halogenated alkanes) is 3. The highest BCUT2D eigenvalue weighted by Gasteiger charge is 2.18. The van der Waals surface area contributed by atoms with Gasteiger partial charge in [0.25, 0.3) is 16.2 Å². The molecule has 16 N–H and O–H groups in total. The molecule has 0 bridgehead atoms. The van der Waals surface area contributed by atoms with Crippen LogP contribution in [0.25, 0.3) is 0 Å². The average molecular weight is 1770 g/mol. The number of guanidine groups is 3. The minimum atomic E-state index is -3.83. The first-order valence-electron chi connectivity index (χ1n) is 39.9. The summed E-state index contributed by atoms with van der Waals surface area (Å²) >= 11 is 0. The van der Waals surface area contributed by atoms with Crippen molar-refractivity contribution in [2.45, 2.75) is 287 Å². The number of hydroxylamine groups is 1. The van der Waals surface area contributed by atoms with Gasteiger partial charge < -0.3 is 46.8 Å². The van der Waals surface area contributed by atoms with Gasteiger partial charge in [-0.3, -0.25) is 34.4 Å². The van der Waals surface area contributed by atoms with E-state index in [1.165, 1.54) is 12.8 Å². The number of hydrogen-bond acceptors (Lipinski definition) is 18. The lowest BCUT2D eigenvalue weighted by Crippen LogP contribution is -2.40. The van der Waals surface area contributed by atoms with Gasteiger partial charge in [-0.05, 0) is 148 Å². The van der Waals surface area contributed by atoms with Gasteiger partial charge in [0.15, 0.2) is 11.0 Å². The van der Waals surface area contributed by atoms with Crippen molar-refractivity contribution in [2.75, 3.05) is 115 Å². The van der Waals surface area contributed by atoms with Crippen LogP contribution in [0.2, 0.25) is 0 Å². The number of amidine groups is 3. The van der Waals surface area contributed by atoms with E-state index in [1.807, 2.05) is 26.0 Å². The second-order valence-corrected chi connectivity index (χ2v) is 43.5. The Bertz CT molecular complexity index is 3360. The SMILES string of the molecule is CC(C)(C)CCCCC(N)=NS(N)(=O)=O.CC(C)(C)CCCN(O)S(C)(=O)=O.CC(C)CCCN/C(=N/[N+](=O)[O-])N(C)C.CC(C)CCCNC(=O)CO.CN(C)C(CCCCC(C)(C)C)=NS(N)(=O)=O.CN=C(CCCCC(C)(C)C)NS(N)(=O)=O.CN=C(NCCCC(C)(C)C)N(C)C.CN=C(NCCCC(C)C)NS(C)(=O)=O. The quantitative estimate of drug-likeness (QED) is 0.00904. The molecule has 0 aliphatic carbocycles. The highest BCUT2D eigenvalue weighted by atomic mass is 32.2. The van der Waals surface area contributed by atoms with Crippen LogP contribution < -0.4 is 51.9 Å². The maximum Gasteiger partial charge on any atom is 0.318 e. The minimum absolute atomic E-state index is 0.0893. The van der Waals surface area contributed by atoms with Crippen LogP contribution in [0.15, 0.2) is 28.9 Å². The Labute approximate surface area is 706 Å². The third-order valence-corrected chi connectivity index (χ3v) is 18.0. The lowest BCUT2D eigenvalue weighted by atomic mass is 9.89. The largest absolute Gasteiger partial charge is 0.387 e. The van der Waals surface area contributed by atoms with Crippen LogP contribution in [0, 0.1) is 54.9 Å². The number of nitrogens with zero attached hydrogens (tertiary/aromatic N) is 11. The molecular formula is C75H171N21O15S5. The first-order valence-corrected chi connectivity index (χ1v) is 48.2. The van der Waals surface area contributed by atoms with Gasteiger partial charge in [-0.15, -0.1) is 8.80 Å². The van der Waals surface area contributed by atoms with Gasteiger partial charge in [-0.1, -0.05) is 169 Å². The molecule has 0 heterocycles. The van der Waals surface area contributed by atoms with Gasteiger partial charge in [0.1, 0.15) is 29.2 Å². The number of carbonyl (C=O) groups is 1. The van der Waals surface area contributed by atoms with Gasteiger partial charge in [0.2, 0.25) is 31.9 Å². The predicted molar refractivity (Wildman–Crippen MR) is 486 cm³/mol. The van der Waals surface area contributed by atoms with Gasteiger partial charge in [-0.2, -0.15) is 25.3 Å². The number of aliphatic hydroxyl groups excluding tert-OH is 1. The smallest absolute Gasteiger partial charge is 0.318 e. The molecule has 0 unspecified atom stereocenters. The molecule has 0 radical (unpaired) electrons. The molecule has 0 aromatic heterocycles. The number of aliphatic hydroxyl groups is 1. The van der Waals surface area contributed by atoms with E-state index < -0.39 is 62.3 Å². The Morgan fingerprint density at radius 3 is 1.13 bits per heavy atom. The Morgan fingerprint density at radius 1 is 0.466 bits per heavy atom. The zero-order valence-electron chi connectivity index (χ0n) is 78.0. The highest BCUT2D eigenvalue weighted by Crippen LogP contribution is 2.25. The van der Waals surface area contributed by atoms with Crippen molar-refractivity contribution >= 4 is 92.0 Å². The fraction of sp³-hybridized carbons (Fsp3) is 0.907. The number of rotatable bonds is 37. The molecule has 696 valence electrons. The van der Waals surface area contributed by atoms with Gasteiger partial charge in [-0.25, -0.2) is 42.4 Å². The summed E-state index contributed by atoms with van der Waals surface area (Å²) in [4.78, 5) is 37.8. The molecule has 0 aliphatic rings. The topological polar surface area (TPSA) is 535 Å². The van der Waals surface area contributed by atoms with Crippen molar-refractivity contribution in [3.8, 4) is 0 Å². The standard InChI is InChI=1S/C11H25N3O2S.C11H25N3.C10H23N3O2S.C9H20N4O2.2C9H21N3O2S.C8H19NO3S.C8H17NO2/c1-11(2,3)9-7-6-8-10(14(4)5)13-17(12,15)16;1-11(2,3)8-7-9-13-10(12-4)14(5)6;1-10(2,3)8-6-5-7-9(12-4)13-16(11,14)15;1-8(2)6-5-7-10-9(12(3)4)11-13(14)15;1-8(2)6-5-7-11-9(10-3)12-15(4,13)14;1-9(2,3)7-5-4-6-8(10)12-15(11,13)14;1-8(2,3)6-5-7-9(10)13(4,11)12;1-7(2)4-3-5-9-8(11)6-10/h6-9H2,1-5H3,(H2,12,15,16);7-9H2,1-6H3,(H,12,13);5-8H2,1-4H3,(H,12,13)(H2,11,14,15);8H,5-7H2,1-4H3,(H,10,11);8H,5-7H2,1-4H3,(H2,10,11,12);4-7H2,1-3H3,(H2,10,12)(H2,11,13,14);10H,5-7H2,1-4H3;7,10H,3-6H2,1-2H3,(H,9,11). The van der Waals surface area contributed by atoms with Crippen LogP contribution in [0.4, 0.5) is 0 Å². The van der Waals surface area contributed by atoms with E-state index in [9.17, 15) is 57.0 Å². The van der Waals surface area contributed by atoms with E-state index in [1.54, 1.807) is 52.1 Å². The molecule has 0 aromatic carbocycles. The van der Waals surface area contributed by atoms with Crippen LogP contribution in [0.3, 0.4) is 0 Å². The number of hydrazone groups is 1. The number of nitrogens with two attached hydrogens (primary N) is 4. The van der Waals surface area contributed by atoms with E-state index in [4.69, 9.17) is 31.5 Å². The summed E-state index contributed by atoms with van der Waals surface area (Å²) in [5.74, 6) is 4.31. The van der Waals surface area contributed by atoms with E-state index in [-0.39, 0.29) is 23.7 Å². The summed E-state index contributed by atoms with van der Waals surface area (Å²) in [7, 11) is -2.07. The maximum absolute atomic E-state index is 10.9. The van der Waals surface area contributed by atoms with Gasteiger partial charge in [0, 0.05) is 115 Å². The second-order valence-electron chi connectivity index (χ2n) is 36.1. The van der Waals surface area contributed by atoms with E-state index in [0.717, 1.165) is 134 Å². The van der Waals surface area contributed by atoms with Gasteiger partial charge in [0.05, 0.1) is 12.5 Å². The normalized spacial score (nSPS) is 13.0. The Morgan fingerprint density at radius 2 is 0.819 bits per heavy atom. The molecule has 0 saturated heterocycles. The fourth-order valence-electron chi connectivity index (χ4n) is 9.01. The van der Waals surface area contributed by atoms with Crippen molar-refractivity contribution < 1.29 is 62.2 Å². The summed E-state index contributed by atoms with van der Waals surface area (Å²) in [6.45, 7) is 48.5. The number of carbonyl (C=O) groups excluding carboxylic acids is 1. The van der Waals surface area contributed by atoms with Crippen molar-refractivity contribution in [1.29, 1.82) is 0 Å². The van der Waals surface area contributed by atoms with Crippen LogP contribution >= 0.6 is 0 Å². The number of amides is 1. The maximum atomic E-state index is 10.9. The molecular weight excluding hydrogens is 1600 g/mol. The molecule has 116 heavy (non-hydrogen) atoms. The fourth-order valence-corrected chi connectivity index (χ4v) is 11.5. The number of aliphatic imine (C=N–C) groups is 3. The highest BCUT2D eigenvalue weighted by molar-refractivity contribution is 7.89. The number of nitro groups is 1. The molecule has 0 aliphatic heterocycles. The summed E-state index contributed by atoms with van der Waals surface area (Å²) < 4.78 is 119. The molecule has 0 aromatic rings. The van der Waals surface area contributed by atoms with E-state index in [0.29, 0.717) is 106 Å². The molecule has 36 nitrogen and oxygen atoms in total. The lowest BCUT2D eigenvalue weighted by Gasteiger charge is -2.20. The predicted octanol–water partition coefficient (Wildman–Crippen LogP) is 9.94. The number of nitrogens with one attached hydrogen (secondary N) is 6. The lowest BCUT2D eigenvalue weighted by molar-refractivity contribution is -0.485. The van der Waals surface area contributed by atoms with Gasteiger partial charge >= 0.3 is 20.4 Å². The average Bonchev–Trinajstić information content (AvgIpc) is 0.894. The van der Waals surface area contributed by atoms with Crippen molar-refractivity contribution in [1.82, 2.24) is 49.9 Å². The van der Waals surface area contributed by atoms with E-state index >= 15 is 0 Å². The molecule has 0 rings (SSSR count). The summed E-state index contributed by atoms with van der Waals surface area (Å²) in [6, 6.07) is 0. The minimum Gasteiger partial charge on any atom is -0.387 e. The number of sulfonamides is 2. The summed E-state index contributed by atoms with van der Waals surface area (Å²) in [5.41, 5.74) is 6.94. The summed E-state index contributed by atoms with van der Waals surface area (Å²) in [5, 5.41) is 56.4. The monoisotopic (exact) mass is 1770 g/mol. The molecule has 0 fully saturated rings. The number of hydrogen-bond donors (Lipinski definition) is 12. The molecule has 1 amide bonds. The second kappa shape index (κ2) is 66.3. The van der Waals surface area contributed by atoms with Crippen LogP contribution in [0.1, 0.15) is 287 Å². The zero-order valence-corrected chi connectivity index (χ0v) is 82.1. The summed E-state index contributed by atoms with van der Waals surface area (Å²) in [6.07, 6.45) is 23.2.